The maximum absolute atomic E-state index is 11.4. The standard InChI is InChI=1S/C11H11O3/c1-9(12)14-8-7-11(13)10-5-3-2-4-6-10/h2-6H,1,7-8H2. The second-order valence-electron chi connectivity index (χ2n) is 2.76. The van der Waals surface area contributed by atoms with Gasteiger partial charge < -0.3 is 4.74 Å². The Morgan fingerprint density at radius 3 is 2.43 bits per heavy atom. The monoisotopic (exact) mass is 191 g/mol. The van der Waals surface area contributed by atoms with E-state index >= 15 is 0 Å². The molecule has 0 aromatic heterocycles. The second kappa shape index (κ2) is 5.17. The fraction of sp³-hybridized carbons (Fsp3) is 0.182. The molecule has 1 aromatic rings. The van der Waals surface area contributed by atoms with Crippen molar-refractivity contribution in [3.63, 3.8) is 0 Å². The van der Waals surface area contributed by atoms with Crippen molar-refractivity contribution in [2.45, 2.75) is 6.42 Å². The number of esters is 1. The number of benzene rings is 1. The number of ether oxygens (including phenoxy) is 1. The molecule has 0 aliphatic heterocycles. The minimum Gasteiger partial charge on any atom is -0.465 e. The Balaban J connectivity index is 2.40. The topological polar surface area (TPSA) is 43.4 Å². The average molecular weight is 191 g/mol. The first kappa shape index (κ1) is 10.4. The van der Waals surface area contributed by atoms with Crippen LogP contribution < -0.4 is 0 Å². The lowest BCUT2D eigenvalue weighted by Crippen LogP contribution is -2.07. The zero-order valence-electron chi connectivity index (χ0n) is 7.73. The van der Waals surface area contributed by atoms with Gasteiger partial charge in [-0.2, -0.15) is 0 Å². The molecule has 0 amide bonds. The molecule has 0 N–H and O–H groups in total. The average Bonchev–Trinajstić information content (AvgIpc) is 2.18. The minimum atomic E-state index is -0.606. The van der Waals surface area contributed by atoms with Crippen LogP contribution in [0.4, 0.5) is 0 Å². The van der Waals surface area contributed by atoms with Gasteiger partial charge in [0.1, 0.15) is 0 Å². The molecule has 14 heavy (non-hydrogen) atoms. The first-order valence-corrected chi connectivity index (χ1v) is 4.27. The van der Waals surface area contributed by atoms with Crippen LogP contribution in [0.2, 0.25) is 0 Å². The normalized spacial score (nSPS) is 9.50. The lowest BCUT2D eigenvalue weighted by Gasteiger charge is -2.01. The summed E-state index contributed by atoms with van der Waals surface area (Å²) in [4.78, 5) is 21.7. The number of hydrogen-bond donors (Lipinski definition) is 0. The quantitative estimate of drug-likeness (QED) is 0.536. The molecule has 3 nitrogen and oxygen atoms in total. The predicted octanol–water partition coefficient (Wildman–Crippen LogP) is 1.64. The van der Waals surface area contributed by atoms with Gasteiger partial charge in [0, 0.05) is 12.0 Å². The van der Waals surface area contributed by atoms with Crippen molar-refractivity contribution in [3.8, 4) is 0 Å². The highest BCUT2D eigenvalue weighted by Gasteiger charge is 2.04. The number of ketones is 1. The van der Waals surface area contributed by atoms with Crippen molar-refractivity contribution in [2.75, 3.05) is 6.61 Å². The maximum atomic E-state index is 11.4. The molecule has 73 valence electrons. The molecular weight excluding hydrogens is 180 g/mol. The van der Waals surface area contributed by atoms with Crippen molar-refractivity contribution in [3.05, 3.63) is 42.8 Å². The van der Waals surface area contributed by atoms with E-state index in [0.717, 1.165) is 0 Å². The fourth-order valence-corrected chi connectivity index (χ4v) is 1.03. The zero-order valence-corrected chi connectivity index (χ0v) is 7.73. The Morgan fingerprint density at radius 2 is 1.86 bits per heavy atom. The number of carbonyl (C=O) groups excluding carboxylic acids is 2. The maximum Gasteiger partial charge on any atom is 0.306 e. The summed E-state index contributed by atoms with van der Waals surface area (Å²) in [6, 6.07) is 8.89. The summed E-state index contributed by atoms with van der Waals surface area (Å²) >= 11 is 0. The summed E-state index contributed by atoms with van der Waals surface area (Å²) in [7, 11) is 0. The first-order chi connectivity index (χ1) is 6.70. The molecule has 0 atom stereocenters. The lowest BCUT2D eigenvalue weighted by atomic mass is 10.1. The van der Waals surface area contributed by atoms with Gasteiger partial charge in [-0.1, -0.05) is 30.3 Å². The van der Waals surface area contributed by atoms with Crippen LogP contribution in [-0.2, 0) is 9.53 Å². The van der Waals surface area contributed by atoms with Gasteiger partial charge in [0.25, 0.3) is 0 Å². The summed E-state index contributed by atoms with van der Waals surface area (Å²) in [6.07, 6.45) is 0.200. The highest BCUT2D eigenvalue weighted by Crippen LogP contribution is 2.02. The Morgan fingerprint density at radius 1 is 1.21 bits per heavy atom. The van der Waals surface area contributed by atoms with Crippen molar-refractivity contribution in [2.24, 2.45) is 0 Å². The third-order valence-corrected chi connectivity index (χ3v) is 1.69. The molecule has 0 saturated heterocycles. The SMILES string of the molecule is [CH2]C(=O)OCCC(=O)c1ccccc1. The van der Waals surface area contributed by atoms with Crippen LogP contribution in [0, 0.1) is 6.92 Å². The summed E-state index contributed by atoms with van der Waals surface area (Å²) in [6.45, 7) is 3.13. The Labute approximate surface area is 82.7 Å². The van der Waals surface area contributed by atoms with E-state index in [-0.39, 0.29) is 18.8 Å². The summed E-state index contributed by atoms with van der Waals surface area (Å²) in [5.41, 5.74) is 0.632. The van der Waals surface area contributed by atoms with Gasteiger partial charge >= 0.3 is 5.97 Å². The molecule has 3 heteroatoms. The molecule has 0 aliphatic carbocycles. The van der Waals surface area contributed by atoms with Gasteiger partial charge in [-0.15, -0.1) is 0 Å². The van der Waals surface area contributed by atoms with E-state index in [9.17, 15) is 9.59 Å². The highest BCUT2D eigenvalue weighted by atomic mass is 16.5. The van der Waals surface area contributed by atoms with E-state index in [1.807, 2.05) is 6.07 Å². The van der Waals surface area contributed by atoms with Crippen molar-refractivity contribution >= 4 is 11.8 Å². The Hall–Kier alpha value is -1.64. The van der Waals surface area contributed by atoms with E-state index < -0.39 is 5.97 Å². The van der Waals surface area contributed by atoms with Gasteiger partial charge in [0.05, 0.1) is 13.5 Å². The van der Waals surface area contributed by atoms with Crippen LogP contribution in [0.5, 0.6) is 0 Å². The van der Waals surface area contributed by atoms with Gasteiger partial charge in [0.15, 0.2) is 5.78 Å². The van der Waals surface area contributed by atoms with Gasteiger partial charge in [0.2, 0.25) is 0 Å². The highest BCUT2D eigenvalue weighted by molar-refractivity contribution is 5.96. The van der Waals surface area contributed by atoms with Crippen LogP contribution in [0.1, 0.15) is 16.8 Å². The minimum absolute atomic E-state index is 0.0353. The summed E-state index contributed by atoms with van der Waals surface area (Å²) < 4.78 is 4.56. The van der Waals surface area contributed by atoms with E-state index in [1.165, 1.54) is 0 Å². The van der Waals surface area contributed by atoms with Crippen LogP contribution >= 0.6 is 0 Å². The Kier molecular flexibility index (Phi) is 3.85. The second-order valence-corrected chi connectivity index (χ2v) is 2.76. The smallest absolute Gasteiger partial charge is 0.306 e. The number of Topliss-reactive ketones (excluding diaryl/α,β-unsaturated/α-hetero) is 1. The first-order valence-electron chi connectivity index (χ1n) is 4.27. The zero-order chi connectivity index (χ0) is 10.4. The predicted molar refractivity (Wildman–Crippen MR) is 51.7 cm³/mol. The van der Waals surface area contributed by atoms with Crippen molar-refractivity contribution < 1.29 is 14.3 Å². The van der Waals surface area contributed by atoms with E-state index in [4.69, 9.17) is 0 Å². The molecule has 0 heterocycles. The van der Waals surface area contributed by atoms with E-state index in [0.29, 0.717) is 5.56 Å². The lowest BCUT2D eigenvalue weighted by molar-refractivity contribution is -0.137. The van der Waals surface area contributed by atoms with E-state index in [2.05, 4.69) is 11.7 Å². The van der Waals surface area contributed by atoms with Gasteiger partial charge in [-0.25, -0.2) is 0 Å². The molecule has 0 fully saturated rings. The molecule has 0 unspecified atom stereocenters. The summed E-state index contributed by atoms with van der Waals surface area (Å²) in [5.74, 6) is -0.641. The molecule has 1 rings (SSSR count). The van der Waals surface area contributed by atoms with Crippen LogP contribution in [0.3, 0.4) is 0 Å². The van der Waals surface area contributed by atoms with Crippen LogP contribution in [0.25, 0.3) is 0 Å². The molecule has 1 aromatic carbocycles. The largest absolute Gasteiger partial charge is 0.465 e. The molecule has 1 radical (unpaired) electrons. The summed E-state index contributed by atoms with van der Waals surface area (Å²) in [5, 5.41) is 0. The molecular formula is C11H11O3. The number of hydrogen-bond acceptors (Lipinski definition) is 3. The number of carbonyl (C=O) groups is 2. The third-order valence-electron chi connectivity index (χ3n) is 1.69. The van der Waals surface area contributed by atoms with Crippen LogP contribution in [0.15, 0.2) is 30.3 Å². The van der Waals surface area contributed by atoms with E-state index in [1.54, 1.807) is 24.3 Å². The Bertz CT molecular complexity index is 317. The molecule has 0 spiro atoms. The van der Waals surface area contributed by atoms with Gasteiger partial charge in [-0.3, -0.25) is 9.59 Å². The van der Waals surface area contributed by atoms with Crippen LogP contribution in [-0.4, -0.2) is 18.4 Å². The molecule has 0 bridgehead atoms. The molecule has 0 saturated carbocycles. The van der Waals surface area contributed by atoms with Crippen molar-refractivity contribution in [1.29, 1.82) is 0 Å². The molecule has 0 aliphatic rings. The fourth-order valence-electron chi connectivity index (χ4n) is 1.03. The number of rotatable bonds is 4. The third kappa shape index (κ3) is 3.39. The van der Waals surface area contributed by atoms with Gasteiger partial charge in [-0.05, 0) is 0 Å². The van der Waals surface area contributed by atoms with Crippen molar-refractivity contribution in [1.82, 2.24) is 0 Å².